The Morgan fingerprint density at radius 2 is 1.61 bits per heavy atom. The van der Waals surface area contributed by atoms with Crippen LogP contribution in [0.2, 0.25) is 0 Å². The lowest BCUT2D eigenvalue weighted by Gasteiger charge is -2.22. The van der Waals surface area contributed by atoms with Gasteiger partial charge in [-0.05, 0) is 42.7 Å². The maximum atomic E-state index is 12.6. The maximum Gasteiger partial charge on any atom is 0.241 e. The van der Waals surface area contributed by atoms with Crippen LogP contribution in [-0.4, -0.2) is 21.6 Å². The van der Waals surface area contributed by atoms with E-state index in [2.05, 4.69) is 4.72 Å². The zero-order valence-electron chi connectivity index (χ0n) is 12.5. The number of sulfonamides is 1. The monoisotopic (exact) mass is 331 g/mol. The van der Waals surface area contributed by atoms with Gasteiger partial charge in [0.2, 0.25) is 10.0 Å². The lowest BCUT2D eigenvalue weighted by Crippen LogP contribution is -2.35. The van der Waals surface area contributed by atoms with Crippen LogP contribution in [0, 0.1) is 0 Å². The fourth-order valence-electron chi connectivity index (χ4n) is 2.83. The van der Waals surface area contributed by atoms with E-state index in [0.717, 1.165) is 18.4 Å². The Labute approximate surface area is 135 Å². The van der Waals surface area contributed by atoms with E-state index < -0.39 is 15.6 Å². The van der Waals surface area contributed by atoms with E-state index >= 15 is 0 Å². The molecule has 0 aromatic heterocycles. The summed E-state index contributed by atoms with van der Waals surface area (Å²) in [6, 6.07) is 14.1. The molecular weight excluding hydrogens is 314 g/mol. The van der Waals surface area contributed by atoms with Gasteiger partial charge in [-0.2, -0.15) is 0 Å². The van der Waals surface area contributed by atoms with Crippen LogP contribution in [0.1, 0.15) is 18.4 Å². The number of fused-ring (bicyclic) bond motifs is 1. The number of hydrogen-bond donors (Lipinski definition) is 1. The number of nitrogens with one attached hydrogen (secondary N) is 1. The summed E-state index contributed by atoms with van der Waals surface area (Å²) in [6.45, 7) is 1.05. The summed E-state index contributed by atoms with van der Waals surface area (Å²) in [5, 5.41) is 0. The lowest BCUT2D eigenvalue weighted by atomic mass is 10.1. The Morgan fingerprint density at radius 3 is 2.30 bits per heavy atom. The molecule has 4 rings (SSSR count). The Morgan fingerprint density at radius 1 is 0.913 bits per heavy atom. The predicted molar refractivity (Wildman–Crippen MR) is 85.1 cm³/mol. The molecule has 0 radical (unpaired) electrons. The van der Waals surface area contributed by atoms with Gasteiger partial charge < -0.3 is 9.47 Å². The van der Waals surface area contributed by atoms with Crippen molar-refractivity contribution in [3.05, 3.63) is 54.1 Å². The molecule has 0 saturated heterocycles. The van der Waals surface area contributed by atoms with Crippen molar-refractivity contribution in [3.8, 4) is 11.5 Å². The van der Waals surface area contributed by atoms with Crippen LogP contribution in [0.3, 0.4) is 0 Å². The minimum Gasteiger partial charge on any atom is -0.486 e. The van der Waals surface area contributed by atoms with Crippen molar-refractivity contribution in [2.45, 2.75) is 23.3 Å². The SMILES string of the molecule is O=S(=O)(NC1(c2ccc3c(c2)OCCO3)CC1)c1ccccc1. The molecule has 0 spiro atoms. The molecule has 23 heavy (non-hydrogen) atoms. The normalized spacial score (nSPS) is 18.4. The number of hydrogen-bond acceptors (Lipinski definition) is 4. The summed E-state index contributed by atoms with van der Waals surface area (Å²) >= 11 is 0. The first-order valence-corrected chi connectivity index (χ1v) is 9.07. The molecule has 2 aliphatic rings. The highest BCUT2D eigenvalue weighted by molar-refractivity contribution is 7.89. The van der Waals surface area contributed by atoms with Crippen LogP contribution < -0.4 is 14.2 Å². The van der Waals surface area contributed by atoms with E-state index in [4.69, 9.17) is 9.47 Å². The summed E-state index contributed by atoms with van der Waals surface area (Å²) < 4.78 is 39.1. The summed E-state index contributed by atoms with van der Waals surface area (Å²) in [5.74, 6) is 1.39. The zero-order chi connectivity index (χ0) is 15.9. The van der Waals surface area contributed by atoms with E-state index in [1.807, 2.05) is 18.2 Å². The average Bonchev–Trinajstić information content (AvgIpc) is 3.35. The van der Waals surface area contributed by atoms with E-state index in [0.29, 0.717) is 24.7 Å². The second-order valence-corrected chi connectivity index (χ2v) is 7.54. The van der Waals surface area contributed by atoms with Crippen molar-refractivity contribution in [2.24, 2.45) is 0 Å². The van der Waals surface area contributed by atoms with Crippen LogP contribution >= 0.6 is 0 Å². The van der Waals surface area contributed by atoms with E-state index in [-0.39, 0.29) is 4.90 Å². The molecule has 2 aromatic rings. The van der Waals surface area contributed by atoms with Gasteiger partial charge >= 0.3 is 0 Å². The Balaban J connectivity index is 1.64. The third-order valence-corrected chi connectivity index (χ3v) is 5.78. The molecular formula is C17H17NO4S. The molecule has 1 fully saturated rings. The molecule has 0 amide bonds. The Hall–Kier alpha value is -2.05. The molecule has 1 aliphatic carbocycles. The second-order valence-electron chi connectivity index (χ2n) is 5.86. The van der Waals surface area contributed by atoms with E-state index in [9.17, 15) is 8.42 Å². The molecule has 0 unspecified atom stereocenters. The number of rotatable bonds is 4. The van der Waals surface area contributed by atoms with Gasteiger partial charge in [0.25, 0.3) is 0 Å². The first-order valence-electron chi connectivity index (χ1n) is 7.58. The Bertz CT molecular complexity index is 829. The largest absolute Gasteiger partial charge is 0.486 e. The van der Waals surface area contributed by atoms with Gasteiger partial charge in [0.05, 0.1) is 10.4 Å². The first kappa shape index (κ1) is 14.5. The van der Waals surface area contributed by atoms with Gasteiger partial charge in [-0.25, -0.2) is 13.1 Å². The number of benzene rings is 2. The quantitative estimate of drug-likeness (QED) is 0.934. The van der Waals surface area contributed by atoms with Gasteiger partial charge in [-0.15, -0.1) is 0 Å². The topological polar surface area (TPSA) is 64.6 Å². The molecule has 1 N–H and O–H groups in total. The van der Waals surface area contributed by atoms with E-state index in [1.54, 1.807) is 30.3 Å². The maximum absolute atomic E-state index is 12.6. The number of ether oxygens (including phenoxy) is 2. The van der Waals surface area contributed by atoms with Crippen LogP contribution in [-0.2, 0) is 15.6 Å². The fraction of sp³-hybridized carbons (Fsp3) is 0.294. The molecule has 6 heteroatoms. The Kier molecular flexibility index (Phi) is 3.32. The summed E-state index contributed by atoms with van der Waals surface area (Å²) in [6.07, 6.45) is 1.55. The minimum absolute atomic E-state index is 0.281. The summed E-state index contributed by atoms with van der Waals surface area (Å²) in [4.78, 5) is 0.281. The first-order chi connectivity index (χ1) is 11.1. The van der Waals surface area contributed by atoms with Crippen molar-refractivity contribution >= 4 is 10.0 Å². The van der Waals surface area contributed by atoms with Crippen LogP contribution in [0.15, 0.2) is 53.4 Å². The predicted octanol–water partition coefficient (Wildman–Crippen LogP) is 2.43. The van der Waals surface area contributed by atoms with Crippen LogP contribution in [0.5, 0.6) is 11.5 Å². The summed E-state index contributed by atoms with van der Waals surface area (Å²) in [5.41, 5.74) is 0.381. The van der Waals surface area contributed by atoms with Crippen molar-refractivity contribution in [2.75, 3.05) is 13.2 Å². The molecule has 0 bridgehead atoms. The van der Waals surface area contributed by atoms with Crippen molar-refractivity contribution in [3.63, 3.8) is 0 Å². The lowest BCUT2D eigenvalue weighted by molar-refractivity contribution is 0.171. The van der Waals surface area contributed by atoms with Gasteiger partial charge in [0.15, 0.2) is 11.5 Å². The second kappa shape index (κ2) is 5.25. The van der Waals surface area contributed by atoms with Crippen LogP contribution in [0.25, 0.3) is 0 Å². The minimum atomic E-state index is -3.55. The molecule has 1 heterocycles. The zero-order valence-corrected chi connectivity index (χ0v) is 13.3. The van der Waals surface area contributed by atoms with Crippen molar-refractivity contribution < 1.29 is 17.9 Å². The van der Waals surface area contributed by atoms with Gasteiger partial charge in [-0.3, -0.25) is 0 Å². The third kappa shape index (κ3) is 2.68. The smallest absolute Gasteiger partial charge is 0.241 e. The fourth-order valence-corrected chi connectivity index (χ4v) is 4.30. The third-order valence-electron chi connectivity index (χ3n) is 4.23. The standard InChI is InChI=1S/C17H17NO4S/c19-23(20,14-4-2-1-3-5-14)18-17(8-9-17)13-6-7-15-16(12-13)22-11-10-21-15/h1-7,12,18H,8-11H2. The van der Waals surface area contributed by atoms with Crippen molar-refractivity contribution in [1.29, 1.82) is 0 Å². The van der Waals surface area contributed by atoms with Crippen molar-refractivity contribution in [1.82, 2.24) is 4.72 Å². The molecule has 5 nitrogen and oxygen atoms in total. The van der Waals surface area contributed by atoms with E-state index in [1.165, 1.54) is 0 Å². The van der Waals surface area contributed by atoms with Gasteiger partial charge in [0.1, 0.15) is 13.2 Å². The molecule has 1 aliphatic heterocycles. The molecule has 1 saturated carbocycles. The molecule has 2 aromatic carbocycles. The highest BCUT2D eigenvalue weighted by atomic mass is 32.2. The van der Waals surface area contributed by atoms with Gasteiger partial charge in [0, 0.05) is 0 Å². The van der Waals surface area contributed by atoms with Gasteiger partial charge in [-0.1, -0.05) is 24.3 Å². The highest BCUT2D eigenvalue weighted by Crippen LogP contribution is 2.48. The molecule has 0 atom stereocenters. The summed E-state index contributed by atoms with van der Waals surface area (Å²) in [7, 11) is -3.55. The molecule has 120 valence electrons. The highest BCUT2D eigenvalue weighted by Gasteiger charge is 2.48. The average molecular weight is 331 g/mol. The van der Waals surface area contributed by atoms with Crippen LogP contribution in [0.4, 0.5) is 0 Å².